The zero-order chi connectivity index (χ0) is 18.6. The van der Waals surface area contributed by atoms with E-state index >= 15 is 0 Å². The highest BCUT2D eigenvalue weighted by molar-refractivity contribution is 5.85. The van der Waals surface area contributed by atoms with Gasteiger partial charge in [-0.25, -0.2) is 4.98 Å². The first-order valence-corrected chi connectivity index (χ1v) is 8.46. The van der Waals surface area contributed by atoms with Crippen molar-refractivity contribution in [3.63, 3.8) is 0 Å². The first kappa shape index (κ1) is 23.9. The predicted molar refractivity (Wildman–Crippen MR) is 112 cm³/mol. The molecule has 0 radical (unpaired) electrons. The van der Waals surface area contributed by atoms with Crippen molar-refractivity contribution in [3.8, 4) is 5.75 Å². The van der Waals surface area contributed by atoms with E-state index in [0.29, 0.717) is 18.8 Å². The minimum Gasteiger partial charge on any atom is -0.489 e. The lowest BCUT2D eigenvalue weighted by Gasteiger charge is -2.42. The molecule has 1 aliphatic rings. The molecule has 1 fully saturated rings. The fourth-order valence-electron chi connectivity index (χ4n) is 2.93. The Bertz CT molecular complexity index is 739. The van der Waals surface area contributed by atoms with Crippen LogP contribution in [0.15, 0.2) is 48.7 Å². The summed E-state index contributed by atoms with van der Waals surface area (Å²) in [6.07, 6.45) is 1.77. The van der Waals surface area contributed by atoms with Gasteiger partial charge in [0.1, 0.15) is 23.9 Å². The second-order valence-electron chi connectivity index (χ2n) is 6.42. The summed E-state index contributed by atoms with van der Waals surface area (Å²) in [5.74, 6) is 1.43. The van der Waals surface area contributed by atoms with Crippen LogP contribution in [-0.4, -0.2) is 58.4 Å². The number of aromatic nitrogens is 1. The molecule has 0 saturated carbocycles. The topological polar surface area (TPSA) is 92.0 Å². The fraction of sp³-hybridized carbons (Fsp3) is 0.389. The molecule has 1 saturated heterocycles. The third-order valence-corrected chi connectivity index (χ3v) is 4.49. The summed E-state index contributed by atoms with van der Waals surface area (Å²) < 4.78 is 5.63. The van der Waals surface area contributed by atoms with E-state index in [1.807, 2.05) is 23.1 Å². The Morgan fingerprint density at radius 3 is 2.32 bits per heavy atom. The van der Waals surface area contributed by atoms with Crippen molar-refractivity contribution in [2.75, 3.05) is 37.7 Å². The molecule has 2 heterocycles. The van der Waals surface area contributed by atoms with Crippen molar-refractivity contribution in [2.45, 2.75) is 12.6 Å². The number of nitrogens with zero attached hydrogens (tertiary/aromatic N) is 4. The summed E-state index contributed by atoms with van der Waals surface area (Å²) in [7, 11) is 0. The van der Waals surface area contributed by atoms with E-state index in [1.54, 1.807) is 13.1 Å². The van der Waals surface area contributed by atoms with Gasteiger partial charge >= 0.3 is 0 Å². The number of pyridine rings is 1. The molecule has 154 valence electrons. The van der Waals surface area contributed by atoms with E-state index in [0.717, 1.165) is 18.9 Å². The maximum absolute atomic E-state index is 10.8. The quantitative estimate of drug-likeness (QED) is 0.556. The van der Waals surface area contributed by atoms with Gasteiger partial charge in [-0.15, -0.1) is 24.8 Å². The van der Waals surface area contributed by atoms with Crippen LogP contribution in [0.25, 0.3) is 0 Å². The third-order valence-electron chi connectivity index (χ3n) is 4.49. The van der Waals surface area contributed by atoms with Crippen LogP contribution >= 0.6 is 24.8 Å². The second-order valence-corrected chi connectivity index (χ2v) is 6.42. The lowest BCUT2D eigenvalue weighted by atomic mass is 10.2. The Labute approximate surface area is 176 Å². The number of nitro groups is 1. The van der Waals surface area contributed by atoms with E-state index < -0.39 is 10.6 Å². The molecule has 0 bridgehead atoms. The molecule has 0 amide bonds. The van der Waals surface area contributed by atoms with Crippen LogP contribution in [0.1, 0.15) is 6.92 Å². The zero-order valence-corrected chi connectivity index (χ0v) is 17.1. The number of nitro benzene ring substituents is 1. The van der Waals surface area contributed by atoms with Gasteiger partial charge in [0.05, 0.1) is 4.92 Å². The lowest BCUT2D eigenvalue weighted by Crippen LogP contribution is -2.58. The van der Waals surface area contributed by atoms with Crippen molar-refractivity contribution >= 4 is 36.3 Å². The molecular weight excluding hydrogens is 407 g/mol. The standard InChI is InChI=1S/C18H22N4O4.2ClH/c1-18(23,14-26-16-7-5-15(6-8-16)22(24)25)21-12-10-20(11-13-21)17-4-2-3-9-19-17;;/h2-9,23H,10-14H2,1H3;2*1H/t18-;;/m1../s1. The molecule has 10 heteroatoms. The highest BCUT2D eigenvalue weighted by Crippen LogP contribution is 2.21. The summed E-state index contributed by atoms with van der Waals surface area (Å²) in [4.78, 5) is 18.7. The van der Waals surface area contributed by atoms with E-state index in [4.69, 9.17) is 4.74 Å². The largest absolute Gasteiger partial charge is 0.489 e. The molecule has 1 aromatic heterocycles. The number of piperazine rings is 1. The summed E-state index contributed by atoms with van der Waals surface area (Å²) in [6.45, 7) is 4.71. The Morgan fingerprint density at radius 1 is 1.14 bits per heavy atom. The Kier molecular flexibility index (Phi) is 8.90. The van der Waals surface area contributed by atoms with Crippen LogP contribution in [-0.2, 0) is 0 Å². The maximum Gasteiger partial charge on any atom is 0.269 e. The highest BCUT2D eigenvalue weighted by atomic mass is 35.5. The molecule has 2 aromatic rings. The first-order valence-electron chi connectivity index (χ1n) is 8.46. The van der Waals surface area contributed by atoms with Gasteiger partial charge in [-0.1, -0.05) is 6.07 Å². The van der Waals surface area contributed by atoms with Crippen molar-refractivity contribution in [3.05, 3.63) is 58.8 Å². The number of non-ortho nitro benzene ring substituents is 1. The number of benzene rings is 1. The predicted octanol–water partition coefficient (Wildman–Crippen LogP) is 2.74. The molecule has 1 N–H and O–H groups in total. The van der Waals surface area contributed by atoms with Crippen LogP contribution in [0.4, 0.5) is 11.5 Å². The minimum absolute atomic E-state index is 0. The molecule has 0 aliphatic carbocycles. The Morgan fingerprint density at radius 2 is 1.79 bits per heavy atom. The fourth-order valence-corrected chi connectivity index (χ4v) is 2.93. The van der Waals surface area contributed by atoms with E-state index in [1.165, 1.54) is 24.3 Å². The molecule has 8 nitrogen and oxygen atoms in total. The minimum atomic E-state index is -1.13. The SMILES string of the molecule is C[C@@](O)(COc1ccc([N+](=O)[O-])cc1)N1CCN(c2ccccn2)CC1.Cl.Cl. The zero-order valence-electron chi connectivity index (χ0n) is 15.4. The van der Waals surface area contributed by atoms with Gasteiger partial charge in [0.25, 0.3) is 5.69 Å². The van der Waals surface area contributed by atoms with Gasteiger partial charge in [-0.2, -0.15) is 0 Å². The van der Waals surface area contributed by atoms with Gasteiger partial charge in [0.2, 0.25) is 0 Å². The number of aliphatic hydroxyl groups is 1. The number of anilines is 1. The number of ether oxygens (including phenoxy) is 1. The van der Waals surface area contributed by atoms with Crippen molar-refractivity contribution in [2.24, 2.45) is 0 Å². The summed E-state index contributed by atoms with van der Waals surface area (Å²) in [5.41, 5.74) is -1.12. The average molecular weight is 431 g/mol. The summed E-state index contributed by atoms with van der Waals surface area (Å²) >= 11 is 0. The van der Waals surface area contributed by atoms with E-state index in [2.05, 4.69) is 9.88 Å². The second kappa shape index (κ2) is 10.4. The molecule has 1 aliphatic heterocycles. The molecule has 3 rings (SSSR count). The van der Waals surface area contributed by atoms with Gasteiger partial charge in [-0.3, -0.25) is 15.0 Å². The third kappa shape index (κ3) is 5.93. The van der Waals surface area contributed by atoms with E-state index in [-0.39, 0.29) is 37.1 Å². The van der Waals surface area contributed by atoms with Gasteiger partial charge in [-0.05, 0) is 31.2 Å². The lowest BCUT2D eigenvalue weighted by molar-refractivity contribution is -0.384. The highest BCUT2D eigenvalue weighted by Gasteiger charge is 2.33. The molecular formula is C18H24Cl2N4O4. The molecule has 0 unspecified atom stereocenters. The molecule has 1 aromatic carbocycles. The van der Waals surface area contributed by atoms with Gasteiger partial charge in [0, 0.05) is 44.5 Å². The molecule has 0 spiro atoms. The Balaban J connectivity index is 0.00000196. The van der Waals surface area contributed by atoms with Gasteiger partial charge < -0.3 is 14.7 Å². The molecule has 28 heavy (non-hydrogen) atoms. The van der Waals surface area contributed by atoms with Crippen LogP contribution in [0, 0.1) is 10.1 Å². The summed E-state index contributed by atoms with van der Waals surface area (Å²) in [6, 6.07) is 11.7. The van der Waals surface area contributed by atoms with Crippen molar-refractivity contribution < 1.29 is 14.8 Å². The van der Waals surface area contributed by atoms with Crippen LogP contribution in [0.5, 0.6) is 5.75 Å². The average Bonchev–Trinajstić information content (AvgIpc) is 2.67. The van der Waals surface area contributed by atoms with Crippen LogP contribution in [0.3, 0.4) is 0 Å². The number of halogens is 2. The first-order chi connectivity index (χ1) is 12.5. The Hall–Kier alpha value is -2.13. The van der Waals surface area contributed by atoms with Gasteiger partial charge in [0.15, 0.2) is 0 Å². The number of hydrogen-bond acceptors (Lipinski definition) is 7. The maximum atomic E-state index is 10.8. The smallest absolute Gasteiger partial charge is 0.269 e. The number of hydrogen-bond donors (Lipinski definition) is 1. The monoisotopic (exact) mass is 430 g/mol. The molecule has 1 atom stereocenters. The number of rotatable bonds is 6. The van der Waals surface area contributed by atoms with Crippen LogP contribution in [0.2, 0.25) is 0 Å². The summed E-state index contributed by atoms with van der Waals surface area (Å²) in [5, 5.41) is 21.4. The normalized spacial score (nSPS) is 16.3. The van der Waals surface area contributed by atoms with E-state index in [9.17, 15) is 15.2 Å². The van der Waals surface area contributed by atoms with Crippen molar-refractivity contribution in [1.29, 1.82) is 0 Å². The van der Waals surface area contributed by atoms with Crippen LogP contribution < -0.4 is 9.64 Å². The van der Waals surface area contributed by atoms with Crippen molar-refractivity contribution in [1.82, 2.24) is 9.88 Å².